The Morgan fingerprint density at radius 3 is 2.73 bits per heavy atom. The lowest BCUT2D eigenvalue weighted by Gasteiger charge is -2.07. The highest BCUT2D eigenvalue weighted by Gasteiger charge is 1.97. The molecule has 0 amide bonds. The van der Waals surface area contributed by atoms with Gasteiger partial charge in [0.25, 0.3) is 0 Å². The first-order chi connectivity index (χ1) is 5.31. The predicted octanol–water partition coefficient (Wildman–Crippen LogP) is 1.49. The molecule has 0 spiro atoms. The zero-order chi connectivity index (χ0) is 8.53. The van der Waals surface area contributed by atoms with E-state index in [4.69, 9.17) is 10.5 Å². The van der Waals surface area contributed by atoms with Crippen LogP contribution in [0, 0.1) is 0 Å². The molecule has 0 aliphatic carbocycles. The number of rotatable bonds is 7. The second-order valence-electron chi connectivity index (χ2n) is 2.53. The lowest BCUT2D eigenvalue weighted by Crippen LogP contribution is -2.14. The van der Waals surface area contributed by atoms with Crippen LogP contribution in [0.15, 0.2) is 0 Å². The van der Waals surface area contributed by atoms with E-state index in [0.717, 1.165) is 31.9 Å². The minimum atomic E-state index is 0.570. The van der Waals surface area contributed by atoms with Crippen molar-refractivity contribution in [1.29, 1.82) is 0 Å². The summed E-state index contributed by atoms with van der Waals surface area (Å²) >= 11 is 1.88. The van der Waals surface area contributed by atoms with Crippen LogP contribution in [0.4, 0.5) is 0 Å². The molecule has 0 rings (SSSR count). The van der Waals surface area contributed by atoms with Crippen LogP contribution in [-0.4, -0.2) is 30.8 Å². The van der Waals surface area contributed by atoms with Gasteiger partial charge in [-0.1, -0.05) is 13.8 Å². The highest BCUT2D eigenvalue weighted by atomic mass is 32.2. The summed E-state index contributed by atoms with van der Waals surface area (Å²) in [5.41, 5.74) is 5.45. The van der Waals surface area contributed by atoms with Gasteiger partial charge in [0.05, 0.1) is 6.61 Å². The topological polar surface area (TPSA) is 35.2 Å². The van der Waals surface area contributed by atoms with E-state index in [1.807, 2.05) is 11.8 Å². The highest BCUT2D eigenvalue weighted by molar-refractivity contribution is 7.99. The number of thioether (sulfide) groups is 1. The molecule has 0 aromatic carbocycles. The molecule has 0 bridgehead atoms. The number of nitrogens with two attached hydrogens (primary N) is 1. The first kappa shape index (κ1) is 11.3. The van der Waals surface area contributed by atoms with Gasteiger partial charge < -0.3 is 10.5 Å². The van der Waals surface area contributed by atoms with Crippen LogP contribution in [-0.2, 0) is 4.74 Å². The van der Waals surface area contributed by atoms with E-state index in [-0.39, 0.29) is 0 Å². The highest BCUT2D eigenvalue weighted by Crippen LogP contribution is 2.07. The molecule has 0 aliphatic heterocycles. The summed E-state index contributed by atoms with van der Waals surface area (Å²) in [5, 5.41) is 0.570. The van der Waals surface area contributed by atoms with E-state index in [9.17, 15) is 0 Å². The molecule has 1 unspecified atom stereocenters. The fourth-order valence-electron chi connectivity index (χ4n) is 0.623. The SMILES string of the molecule is CCCOCCSC(C)CN. The van der Waals surface area contributed by atoms with Crippen molar-refractivity contribution in [3.05, 3.63) is 0 Å². The van der Waals surface area contributed by atoms with Gasteiger partial charge in [-0.25, -0.2) is 0 Å². The van der Waals surface area contributed by atoms with Gasteiger partial charge in [-0.05, 0) is 6.42 Å². The normalized spacial score (nSPS) is 13.4. The minimum Gasteiger partial charge on any atom is -0.381 e. The zero-order valence-electron chi connectivity index (χ0n) is 7.51. The maximum Gasteiger partial charge on any atom is 0.0556 e. The third-order valence-corrected chi connectivity index (χ3v) is 2.47. The lowest BCUT2D eigenvalue weighted by atomic mass is 10.5. The van der Waals surface area contributed by atoms with Gasteiger partial charge in [0.2, 0.25) is 0 Å². The molecule has 11 heavy (non-hydrogen) atoms. The van der Waals surface area contributed by atoms with Crippen LogP contribution >= 0.6 is 11.8 Å². The fraction of sp³-hybridized carbons (Fsp3) is 1.00. The number of hydrogen-bond acceptors (Lipinski definition) is 3. The third kappa shape index (κ3) is 8.17. The van der Waals surface area contributed by atoms with Crippen molar-refractivity contribution < 1.29 is 4.74 Å². The molecule has 68 valence electrons. The Morgan fingerprint density at radius 1 is 1.45 bits per heavy atom. The molecule has 0 saturated heterocycles. The summed E-state index contributed by atoms with van der Waals surface area (Å²) < 4.78 is 5.32. The number of ether oxygens (including phenoxy) is 1. The molecule has 3 heteroatoms. The molecule has 0 aromatic rings. The molecule has 0 aliphatic rings. The maximum atomic E-state index is 5.45. The predicted molar refractivity (Wildman–Crippen MR) is 52.1 cm³/mol. The van der Waals surface area contributed by atoms with E-state index >= 15 is 0 Å². The van der Waals surface area contributed by atoms with E-state index in [1.165, 1.54) is 0 Å². The molecule has 0 radical (unpaired) electrons. The van der Waals surface area contributed by atoms with Gasteiger partial charge in [-0.3, -0.25) is 0 Å². The van der Waals surface area contributed by atoms with Crippen molar-refractivity contribution in [2.75, 3.05) is 25.5 Å². The van der Waals surface area contributed by atoms with Crippen molar-refractivity contribution >= 4 is 11.8 Å². The Bertz CT molecular complexity index is 80.5. The van der Waals surface area contributed by atoms with Crippen LogP contribution in [0.1, 0.15) is 20.3 Å². The van der Waals surface area contributed by atoms with Crippen molar-refractivity contribution in [3.63, 3.8) is 0 Å². The molecular weight excluding hydrogens is 158 g/mol. The van der Waals surface area contributed by atoms with Gasteiger partial charge in [-0.15, -0.1) is 0 Å². The number of hydrogen-bond donors (Lipinski definition) is 1. The summed E-state index contributed by atoms with van der Waals surface area (Å²) in [6.45, 7) is 6.78. The van der Waals surface area contributed by atoms with Crippen LogP contribution in [0.25, 0.3) is 0 Å². The first-order valence-electron chi connectivity index (χ1n) is 4.20. The average molecular weight is 177 g/mol. The zero-order valence-corrected chi connectivity index (χ0v) is 8.32. The van der Waals surface area contributed by atoms with Crippen LogP contribution in [0.2, 0.25) is 0 Å². The van der Waals surface area contributed by atoms with E-state index in [2.05, 4.69) is 13.8 Å². The molecule has 1 atom stereocenters. The quantitative estimate of drug-likeness (QED) is 0.598. The van der Waals surface area contributed by atoms with Crippen molar-refractivity contribution in [2.45, 2.75) is 25.5 Å². The van der Waals surface area contributed by atoms with Crippen LogP contribution in [0.5, 0.6) is 0 Å². The Labute approximate surface area is 73.9 Å². The van der Waals surface area contributed by atoms with Crippen LogP contribution < -0.4 is 5.73 Å². The van der Waals surface area contributed by atoms with Gasteiger partial charge in [0.1, 0.15) is 0 Å². The Morgan fingerprint density at radius 2 is 2.18 bits per heavy atom. The molecule has 0 heterocycles. The Hall–Kier alpha value is 0.270. The molecular formula is C8H19NOS. The second kappa shape index (κ2) is 8.37. The maximum absolute atomic E-state index is 5.45. The molecule has 0 fully saturated rings. The van der Waals surface area contributed by atoms with Crippen LogP contribution in [0.3, 0.4) is 0 Å². The smallest absolute Gasteiger partial charge is 0.0556 e. The van der Waals surface area contributed by atoms with Gasteiger partial charge >= 0.3 is 0 Å². The third-order valence-electron chi connectivity index (χ3n) is 1.31. The standard InChI is InChI=1S/C8H19NOS/c1-3-4-10-5-6-11-8(2)7-9/h8H,3-7,9H2,1-2H3. The molecule has 2 nitrogen and oxygen atoms in total. The second-order valence-corrected chi connectivity index (χ2v) is 4.08. The fourth-order valence-corrected chi connectivity index (χ4v) is 1.38. The Kier molecular flexibility index (Phi) is 8.57. The largest absolute Gasteiger partial charge is 0.381 e. The minimum absolute atomic E-state index is 0.570. The van der Waals surface area contributed by atoms with Crippen molar-refractivity contribution in [2.24, 2.45) is 5.73 Å². The molecule has 0 aromatic heterocycles. The summed E-state index contributed by atoms with van der Waals surface area (Å²) in [4.78, 5) is 0. The summed E-state index contributed by atoms with van der Waals surface area (Å²) in [6, 6.07) is 0. The van der Waals surface area contributed by atoms with E-state index < -0.39 is 0 Å². The molecule has 2 N–H and O–H groups in total. The average Bonchev–Trinajstić information content (AvgIpc) is 2.04. The van der Waals surface area contributed by atoms with Gasteiger partial charge in [0, 0.05) is 24.2 Å². The summed E-state index contributed by atoms with van der Waals surface area (Å²) in [7, 11) is 0. The lowest BCUT2D eigenvalue weighted by molar-refractivity contribution is 0.151. The van der Waals surface area contributed by atoms with Crippen molar-refractivity contribution in [1.82, 2.24) is 0 Å². The first-order valence-corrected chi connectivity index (χ1v) is 5.25. The summed E-state index contributed by atoms with van der Waals surface area (Å²) in [6.07, 6.45) is 1.11. The molecule has 0 saturated carbocycles. The van der Waals surface area contributed by atoms with E-state index in [0.29, 0.717) is 5.25 Å². The van der Waals surface area contributed by atoms with Gasteiger partial charge in [-0.2, -0.15) is 11.8 Å². The Balaban J connectivity index is 2.89. The summed E-state index contributed by atoms with van der Waals surface area (Å²) in [5.74, 6) is 1.07. The monoisotopic (exact) mass is 177 g/mol. The van der Waals surface area contributed by atoms with Gasteiger partial charge in [0.15, 0.2) is 0 Å². The van der Waals surface area contributed by atoms with Crippen molar-refractivity contribution in [3.8, 4) is 0 Å². The van der Waals surface area contributed by atoms with E-state index in [1.54, 1.807) is 0 Å².